The minimum atomic E-state index is -2.72. The van der Waals surface area contributed by atoms with Crippen molar-refractivity contribution in [1.29, 1.82) is 0 Å². The van der Waals surface area contributed by atoms with E-state index in [0.717, 1.165) is 39.6 Å². The zero-order chi connectivity index (χ0) is 28.6. The zero-order valence-electron chi connectivity index (χ0n) is 23.5. The molecule has 7 aromatic rings. The molecule has 3 nitrogen and oxygen atoms in total. The topological polar surface area (TPSA) is 29.3 Å². The molecule has 0 aliphatic carbocycles. The molecule has 1 aromatic heterocycles. The van der Waals surface area contributed by atoms with Crippen LogP contribution in [-0.2, 0) is 0 Å². The summed E-state index contributed by atoms with van der Waals surface area (Å²) in [5.74, 6) is 0.748. The van der Waals surface area contributed by atoms with E-state index in [2.05, 4.69) is 150 Å². The van der Waals surface area contributed by atoms with Gasteiger partial charge in [-0.2, -0.15) is 0 Å². The molecule has 0 fully saturated rings. The Morgan fingerprint density at radius 2 is 0.860 bits per heavy atom. The van der Waals surface area contributed by atoms with Crippen LogP contribution in [-0.4, -0.2) is 13.2 Å². The summed E-state index contributed by atoms with van der Waals surface area (Å²) in [6, 6.07) is 60.7. The van der Waals surface area contributed by atoms with Crippen LogP contribution in [0.25, 0.3) is 22.6 Å². The molecule has 0 saturated carbocycles. The van der Waals surface area contributed by atoms with Gasteiger partial charge in [-0.15, -0.1) is 0 Å². The molecule has 1 aliphatic rings. The van der Waals surface area contributed by atoms with E-state index in [1.165, 1.54) is 20.7 Å². The molecular formula is C39H28N2OSi. The van der Waals surface area contributed by atoms with E-state index in [1.54, 1.807) is 0 Å². The van der Waals surface area contributed by atoms with Crippen LogP contribution < -0.4 is 25.6 Å². The first-order chi connectivity index (χ1) is 21.4. The molecule has 204 valence electrons. The molecule has 0 spiro atoms. The molecule has 6 aromatic carbocycles. The van der Waals surface area contributed by atoms with E-state index >= 15 is 0 Å². The lowest BCUT2D eigenvalue weighted by Crippen LogP contribution is -2.77. The monoisotopic (exact) mass is 568 g/mol. The summed E-state index contributed by atoms with van der Waals surface area (Å²) in [6.07, 6.45) is 0. The molecule has 0 atom stereocenters. The van der Waals surface area contributed by atoms with Crippen LogP contribution in [0.5, 0.6) is 0 Å². The lowest BCUT2D eigenvalue weighted by molar-refractivity contribution is 0.435. The van der Waals surface area contributed by atoms with Crippen molar-refractivity contribution in [2.24, 2.45) is 0 Å². The molecule has 8 rings (SSSR count). The Bertz CT molecular complexity index is 1880. The lowest BCUT2D eigenvalue weighted by Gasteiger charge is -2.44. The summed E-state index contributed by atoms with van der Waals surface area (Å²) < 4.78 is 6.26. The van der Waals surface area contributed by atoms with Gasteiger partial charge >= 0.3 is 0 Å². The second-order valence-electron chi connectivity index (χ2n) is 10.8. The fourth-order valence-electron chi connectivity index (χ4n) is 6.71. The third-order valence-electron chi connectivity index (χ3n) is 8.49. The first kappa shape index (κ1) is 25.3. The van der Waals surface area contributed by atoms with Crippen molar-refractivity contribution in [3.63, 3.8) is 0 Å². The van der Waals surface area contributed by atoms with Crippen molar-refractivity contribution < 1.29 is 4.52 Å². The maximum absolute atomic E-state index is 6.26. The van der Waals surface area contributed by atoms with Crippen molar-refractivity contribution in [1.82, 2.24) is 5.16 Å². The van der Waals surface area contributed by atoms with Gasteiger partial charge in [-0.05, 0) is 32.9 Å². The van der Waals surface area contributed by atoms with Gasteiger partial charge in [0.05, 0.1) is 0 Å². The van der Waals surface area contributed by atoms with E-state index < -0.39 is 8.07 Å². The van der Waals surface area contributed by atoms with Crippen LogP contribution in [0.4, 0.5) is 17.1 Å². The third-order valence-corrected chi connectivity index (χ3v) is 13.3. The highest BCUT2D eigenvalue weighted by molar-refractivity contribution is 7.21. The average molecular weight is 569 g/mol. The molecule has 2 heterocycles. The first-order valence-electron chi connectivity index (χ1n) is 14.6. The number of para-hydroxylation sites is 2. The average Bonchev–Trinajstić information content (AvgIpc) is 3.53. The molecular weight excluding hydrogens is 541 g/mol. The minimum Gasteiger partial charge on any atom is -0.353 e. The van der Waals surface area contributed by atoms with Crippen molar-refractivity contribution in [2.45, 2.75) is 0 Å². The Kier molecular flexibility index (Phi) is 6.13. The minimum absolute atomic E-state index is 0.748. The highest BCUT2D eigenvalue weighted by atomic mass is 28.3. The number of nitrogens with zero attached hydrogens (tertiary/aromatic N) is 2. The Balaban J connectivity index is 1.50. The molecule has 0 unspecified atom stereocenters. The Hall–Kier alpha value is -5.45. The van der Waals surface area contributed by atoms with Crippen LogP contribution in [0.2, 0.25) is 0 Å². The largest absolute Gasteiger partial charge is 0.353 e. The summed E-state index contributed by atoms with van der Waals surface area (Å²) >= 11 is 0. The molecule has 43 heavy (non-hydrogen) atoms. The quantitative estimate of drug-likeness (QED) is 0.206. The summed E-state index contributed by atoms with van der Waals surface area (Å²) in [4.78, 5) is 2.39. The number of hydrogen-bond donors (Lipinski definition) is 0. The maximum atomic E-state index is 6.26. The third kappa shape index (κ3) is 3.92. The van der Waals surface area contributed by atoms with Gasteiger partial charge < -0.3 is 9.42 Å². The van der Waals surface area contributed by atoms with Gasteiger partial charge in [-0.25, -0.2) is 0 Å². The summed E-state index contributed by atoms with van der Waals surface area (Å²) in [5, 5.41) is 10.1. The highest BCUT2D eigenvalue weighted by Gasteiger charge is 2.49. The van der Waals surface area contributed by atoms with Crippen molar-refractivity contribution in [3.05, 3.63) is 170 Å². The Labute approximate surface area is 252 Å². The Morgan fingerprint density at radius 3 is 1.37 bits per heavy atom. The van der Waals surface area contributed by atoms with Crippen LogP contribution in [0.15, 0.2) is 174 Å². The van der Waals surface area contributed by atoms with Crippen LogP contribution >= 0.6 is 0 Å². The predicted molar refractivity (Wildman–Crippen MR) is 179 cm³/mol. The molecule has 1 aliphatic heterocycles. The number of hydrogen-bond acceptors (Lipinski definition) is 3. The molecule has 0 bridgehead atoms. The summed E-state index contributed by atoms with van der Waals surface area (Å²) in [7, 11) is -2.72. The fraction of sp³-hybridized carbons (Fsp3) is 0. The molecule has 0 amide bonds. The normalized spacial score (nSPS) is 13.3. The highest BCUT2D eigenvalue weighted by Crippen LogP contribution is 2.47. The second kappa shape index (κ2) is 10.4. The van der Waals surface area contributed by atoms with Gasteiger partial charge in [0.1, 0.15) is 11.4 Å². The predicted octanol–water partition coefficient (Wildman–Crippen LogP) is 7.17. The van der Waals surface area contributed by atoms with Gasteiger partial charge in [0.15, 0.2) is 13.8 Å². The zero-order valence-corrected chi connectivity index (χ0v) is 24.5. The summed E-state index contributed by atoms with van der Waals surface area (Å²) in [6.45, 7) is 0. The smallest absolute Gasteiger partial charge is 0.191 e. The van der Waals surface area contributed by atoms with Crippen LogP contribution in [0, 0.1) is 0 Å². The van der Waals surface area contributed by atoms with Crippen molar-refractivity contribution >= 4 is 45.9 Å². The van der Waals surface area contributed by atoms with Gasteiger partial charge in [0.25, 0.3) is 0 Å². The molecule has 0 N–H and O–H groups in total. The molecule has 4 heteroatoms. The van der Waals surface area contributed by atoms with Crippen LogP contribution in [0.3, 0.4) is 0 Å². The van der Waals surface area contributed by atoms with Gasteiger partial charge in [0, 0.05) is 22.5 Å². The van der Waals surface area contributed by atoms with E-state index in [9.17, 15) is 0 Å². The van der Waals surface area contributed by atoms with Gasteiger partial charge in [-0.1, -0.05) is 163 Å². The van der Waals surface area contributed by atoms with E-state index in [4.69, 9.17) is 9.68 Å². The fourth-order valence-corrected chi connectivity index (χ4v) is 11.8. The standard InChI is InChI=1S/C39H28N2OSi/c1-5-17-29(18-6-1)37-38(39(42-40-37)30-19-7-2-8-20-30)41-33-25-13-15-27-35(33)43(31-21-9-3-10-22-31,32-23-11-4-12-24-32)36-28-16-14-26-34(36)41/h1-28H. The van der Waals surface area contributed by atoms with E-state index in [0.29, 0.717) is 0 Å². The van der Waals surface area contributed by atoms with Crippen LogP contribution in [0.1, 0.15) is 0 Å². The van der Waals surface area contributed by atoms with Gasteiger partial charge in [-0.3, -0.25) is 0 Å². The number of anilines is 3. The second-order valence-corrected chi connectivity index (χ2v) is 14.5. The Morgan fingerprint density at radius 1 is 0.442 bits per heavy atom. The first-order valence-corrected chi connectivity index (χ1v) is 16.6. The van der Waals surface area contributed by atoms with Gasteiger partial charge in [0.2, 0.25) is 0 Å². The number of fused-ring (bicyclic) bond motifs is 2. The number of aromatic nitrogens is 1. The molecule has 0 radical (unpaired) electrons. The number of benzene rings is 6. The van der Waals surface area contributed by atoms with Crippen molar-refractivity contribution in [2.75, 3.05) is 4.90 Å². The molecule has 0 saturated heterocycles. The van der Waals surface area contributed by atoms with E-state index in [-0.39, 0.29) is 0 Å². The summed E-state index contributed by atoms with van der Waals surface area (Å²) in [5.41, 5.74) is 6.07. The lowest BCUT2D eigenvalue weighted by atomic mass is 10.0. The SMILES string of the molecule is c1ccc(-c2noc(-c3ccccc3)c2N2c3ccccc3[Si](c3ccccc3)(c3ccccc3)c3ccccc32)cc1. The van der Waals surface area contributed by atoms with Crippen molar-refractivity contribution in [3.8, 4) is 22.6 Å². The van der Waals surface area contributed by atoms with E-state index in [1.807, 2.05) is 24.3 Å². The number of rotatable bonds is 5. The maximum Gasteiger partial charge on any atom is 0.191 e.